The molecule has 0 N–H and O–H groups in total. The normalized spacial score (nSPS) is 11.0. The summed E-state index contributed by atoms with van der Waals surface area (Å²) in [5, 5.41) is 0. The van der Waals surface area contributed by atoms with E-state index in [0.29, 0.717) is 12.0 Å². The maximum atomic E-state index is 12.5. The largest absolute Gasteiger partial charge is 0.497 e. The van der Waals surface area contributed by atoms with Crippen LogP contribution in [0.25, 0.3) is 0 Å². The van der Waals surface area contributed by atoms with Crippen LogP contribution in [0, 0.1) is 0 Å². The smallest absolute Gasteiger partial charge is 0.207 e. The highest BCUT2D eigenvalue weighted by Crippen LogP contribution is 2.25. The summed E-state index contributed by atoms with van der Waals surface area (Å²) in [4.78, 5) is 11.0. The lowest BCUT2D eigenvalue weighted by Crippen LogP contribution is -2.05. The van der Waals surface area contributed by atoms with Crippen molar-refractivity contribution in [1.82, 2.24) is 0 Å². The SMILES string of the molecule is COc1cccc(S(=O)(=O)c2ccccc2C=O)c1. The van der Waals surface area contributed by atoms with Crippen molar-refractivity contribution in [2.75, 3.05) is 7.11 Å². The summed E-state index contributed by atoms with van der Waals surface area (Å²) < 4.78 is 29.9. The van der Waals surface area contributed by atoms with E-state index < -0.39 is 9.84 Å². The second-order valence-corrected chi connectivity index (χ2v) is 5.76. The van der Waals surface area contributed by atoms with Crippen LogP contribution in [-0.4, -0.2) is 21.8 Å². The van der Waals surface area contributed by atoms with E-state index in [1.54, 1.807) is 24.3 Å². The van der Waals surface area contributed by atoms with Crippen LogP contribution >= 0.6 is 0 Å². The average molecular weight is 276 g/mol. The molecule has 0 radical (unpaired) electrons. The summed E-state index contributed by atoms with van der Waals surface area (Å²) in [5.74, 6) is 0.449. The number of rotatable bonds is 4. The number of hydrogen-bond acceptors (Lipinski definition) is 4. The number of hydrogen-bond donors (Lipinski definition) is 0. The highest BCUT2D eigenvalue weighted by atomic mass is 32.2. The van der Waals surface area contributed by atoms with Gasteiger partial charge in [-0.2, -0.15) is 0 Å². The second kappa shape index (κ2) is 5.24. The molecule has 2 aromatic rings. The molecule has 98 valence electrons. The van der Waals surface area contributed by atoms with Crippen LogP contribution in [0.1, 0.15) is 10.4 Å². The van der Waals surface area contributed by atoms with Gasteiger partial charge in [-0.25, -0.2) is 8.42 Å². The van der Waals surface area contributed by atoms with Crippen LogP contribution in [0.3, 0.4) is 0 Å². The summed E-state index contributed by atoms with van der Waals surface area (Å²) >= 11 is 0. The highest BCUT2D eigenvalue weighted by Gasteiger charge is 2.21. The fraction of sp³-hybridized carbons (Fsp3) is 0.0714. The Morgan fingerprint density at radius 3 is 2.47 bits per heavy atom. The molecule has 2 aromatic carbocycles. The van der Waals surface area contributed by atoms with Crippen molar-refractivity contribution in [3.05, 3.63) is 54.1 Å². The number of sulfone groups is 1. The fourth-order valence-corrected chi connectivity index (χ4v) is 3.19. The molecule has 0 fully saturated rings. The van der Waals surface area contributed by atoms with Gasteiger partial charge >= 0.3 is 0 Å². The molecule has 0 aliphatic carbocycles. The van der Waals surface area contributed by atoms with E-state index in [-0.39, 0.29) is 15.4 Å². The number of benzene rings is 2. The molecule has 0 heterocycles. The van der Waals surface area contributed by atoms with Crippen molar-refractivity contribution in [3.63, 3.8) is 0 Å². The third-order valence-electron chi connectivity index (χ3n) is 2.69. The lowest BCUT2D eigenvalue weighted by atomic mass is 10.2. The zero-order valence-electron chi connectivity index (χ0n) is 10.2. The highest BCUT2D eigenvalue weighted by molar-refractivity contribution is 7.91. The van der Waals surface area contributed by atoms with Gasteiger partial charge in [-0.05, 0) is 24.3 Å². The zero-order valence-corrected chi connectivity index (χ0v) is 11.1. The van der Waals surface area contributed by atoms with Gasteiger partial charge in [0.1, 0.15) is 5.75 Å². The Morgan fingerprint density at radius 2 is 1.79 bits per heavy atom. The van der Waals surface area contributed by atoms with Crippen LogP contribution in [0.5, 0.6) is 5.75 Å². The molecule has 0 saturated heterocycles. The first-order valence-electron chi connectivity index (χ1n) is 5.53. The molecule has 0 unspecified atom stereocenters. The monoisotopic (exact) mass is 276 g/mol. The summed E-state index contributed by atoms with van der Waals surface area (Å²) in [5.41, 5.74) is 0.144. The molecule has 0 saturated carbocycles. The Hall–Kier alpha value is -2.14. The molecule has 19 heavy (non-hydrogen) atoms. The van der Waals surface area contributed by atoms with Gasteiger partial charge in [0, 0.05) is 5.56 Å². The van der Waals surface area contributed by atoms with E-state index in [9.17, 15) is 13.2 Å². The van der Waals surface area contributed by atoms with E-state index in [2.05, 4.69) is 0 Å². The molecule has 0 bridgehead atoms. The van der Waals surface area contributed by atoms with Gasteiger partial charge in [0.15, 0.2) is 6.29 Å². The molecule has 0 aliphatic rings. The van der Waals surface area contributed by atoms with Gasteiger partial charge in [0.25, 0.3) is 0 Å². The Morgan fingerprint density at radius 1 is 1.05 bits per heavy atom. The molecular formula is C14H12O4S. The summed E-state index contributed by atoms with van der Waals surface area (Å²) in [6.45, 7) is 0. The van der Waals surface area contributed by atoms with E-state index in [1.807, 2.05) is 0 Å². The first kappa shape index (κ1) is 13.3. The molecule has 0 spiro atoms. The first-order valence-corrected chi connectivity index (χ1v) is 7.01. The standard InChI is InChI=1S/C14H12O4S/c1-18-12-6-4-7-13(9-12)19(16,17)14-8-3-2-5-11(14)10-15/h2-10H,1H3. The topological polar surface area (TPSA) is 60.4 Å². The maximum absolute atomic E-state index is 12.5. The molecule has 0 aromatic heterocycles. The zero-order chi connectivity index (χ0) is 13.9. The summed E-state index contributed by atoms with van der Waals surface area (Å²) in [6.07, 6.45) is 0.535. The van der Waals surface area contributed by atoms with Gasteiger partial charge in [-0.1, -0.05) is 24.3 Å². The lowest BCUT2D eigenvalue weighted by Gasteiger charge is -2.08. The number of aldehydes is 1. The van der Waals surface area contributed by atoms with Crippen molar-refractivity contribution >= 4 is 16.1 Å². The number of methoxy groups -OCH3 is 1. The molecule has 5 heteroatoms. The minimum absolute atomic E-state index is 0.00162. The fourth-order valence-electron chi connectivity index (χ4n) is 1.72. The Kier molecular flexibility index (Phi) is 3.66. The van der Waals surface area contributed by atoms with Crippen molar-refractivity contribution in [3.8, 4) is 5.75 Å². The van der Waals surface area contributed by atoms with Gasteiger partial charge in [-0.3, -0.25) is 4.79 Å². The van der Waals surface area contributed by atoms with Crippen LogP contribution in [0.2, 0.25) is 0 Å². The van der Waals surface area contributed by atoms with Crippen molar-refractivity contribution < 1.29 is 17.9 Å². The molecule has 0 atom stereocenters. The maximum Gasteiger partial charge on any atom is 0.207 e. The number of carbonyl (C=O) groups is 1. The average Bonchev–Trinajstić information content (AvgIpc) is 2.47. The second-order valence-electron chi connectivity index (χ2n) is 3.84. The van der Waals surface area contributed by atoms with Gasteiger partial charge in [-0.15, -0.1) is 0 Å². The van der Waals surface area contributed by atoms with E-state index in [1.165, 1.54) is 31.4 Å². The minimum Gasteiger partial charge on any atom is -0.497 e. The van der Waals surface area contributed by atoms with Crippen LogP contribution in [0.4, 0.5) is 0 Å². The molecule has 2 rings (SSSR count). The Bertz CT molecular complexity index is 705. The van der Waals surface area contributed by atoms with E-state index in [4.69, 9.17) is 4.74 Å². The predicted molar refractivity (Wildman–Crippen MR) is 70.3 cm³/mol. The Labute approximate surface area is 111 Å². The van der Waals surface area contributed by atoms with Crippen LogP contribution in [0.15, 0.2) is 58.3 Å². The van der Waals surface area contributed by atoms with Gasteiger partial charge in [0.05, 0.1) is 16.9 Å². The first-order chi connectivity index (χ1) is 9.09. The predicted octanol–water partition coefficient (Wildman–Crippen LogP) is 2.34. The van der Waals surface area contributed by atoms with Crippen molar-refractivity contribution in [1.29, 1.82) is 0 Å². The molecule has 0 aliphatic heterocycles. The van der Waals surface area contributed by atoms with Crippen LogP contribution in [-0.2, 0) is 9.84 Å². The van der Waals surface area contributed by atoms with Gasteiger partial charge in [0.2, 0.25) is 9.84 Å². The van der Waals surface area contributed by atoms with E-state index >= 15 is 0 Å². The van der Waals surface area contributed by atoms with E-state index in [0.717, 1.165) is 0 Å². The summed E-state index contributed by atoms with van der Waals surface area (Å²) in [6, 6.07) is 12.2. The third kappa shape index (κ3) is 2.51. The molecule has 0 amide bonds. The summed E-state index contributed by atoms with van der Waals surface area (Å²) in [7, 11) is -2.26. The minimum atomic E-state index is -3.73. The Balaban J connectivity index is 2.62. The van der Waals surface area contributed by atoms with Crippen LogP contribution < -0.4 is 4.74 Å². The molecule has 4 nitrogen and oxygen atoms in total. The third-order valence-corrected chi connectivity index (χ3v) is 4.51. The number of ether oxygens (including phenoxy) is 1. The quantitative estimate of drug-likeness (QED) is 0.804. The van der Waals surface area contributed by atoms with Crippen molar-refractivity contribution in [2.45, 2.75) is 9.79 Å². The van der Waals surface area contributed by atoms with Crippen molar-refractivity contribution in [2.24, 2.45) is 0 Å². The van der Waals surface area contributed by atoms with Gasteiger partial charge < -0.3 is 4.74 Å². The number of carbonyl (C=O) groups excluding carboxylic acids is 1. The molecular weight excluding hydrogens is 264 g/mol. The lowest BCUT2D eigenvalue weighted by molar-refractivity contribution is 0.112.